The maximum Gasteiger partial charge on any atom is 0.167 e. The molecule has 1 aromatic heterocycles. The Hall–Kier alpha value is -1.34. The lowest BCUT2D eigenvalue weighted by Crippen LogP contribution is -2.09. The van der Waals surface area contributed by atoms with Gasteiger partial charge in [0, 0.05) is 18.7 Å². The summed E-state index contributed by atoms with van der Waals surface area (Å²) in [5.74, 6) is 0. The van der Waals surface area contributed by atoms with Gasteiger partial charge < -0.3 is 0 Å². The molecular formula is C7H8N4. The van der Waals surface area contributed by atoms with Gasteiger partial charge in [-0.05, 0) is 7.05 Å². The lowest BCUT2D eigenvalue weighted by atomic mass is 10.2. The molecule has 1 aliphatic heterocycles. The molecule has 11 heavy (non-hydrogen) atoms. The van der Waals surface area contributed by atoms with Crippen molar-refractivity contribution in [2.75, 3.05) is 7.05 Å². The fourth-order valence-electron chi connectivity index (χ4n) is 1.39. The normalized spacial score (nSPS) is 16.4. The van der Waals surface area contributed by atoms with E-state index in [4.69, 9.17) is 5.26 Å². The van der Waals surface area contributed by atoms with Gasteiger partial charge in [-0.1, -0.05) is 0 Å². The highest BCUT2D eigenvalue weighted by Gasteiger charge is 2.21. The Morgan fingerprint density at radius 2 is 2.45 bits per heavy atom. The van der Waals surface area contributed by atoms with E-state index in [-0.39, 0.29) is 0 Å². The van der Waals surface area contributed by atoms with Crippen molar-refractivity contribution in [1.29, 1.82) is 5.26 Å². The van der Waals surface area contributed by atoms with Gasteiger partial charge in [-0.25, -0.2) is 0 Å². The number of nitriles is 1. The zero-order chi connectivity index (χ0) is 7.84. The molecule has 0 radical (unpaired) electrons. The van der Waals surface area contributed by atoms with Crippen molar-refractivity contribution in [3.05, 3.63) is 17.0 Å². The minimum atomic E-state index is 0.546. The topological polar surface area (TPSA) is 55.7 Å². The van der Waals surface area contributed by atoms with Crippen LogP contribution in [0, 0.1) is 11.3 Å². The summed E-state index contributed by atoms with van der Waals surface area (Å²) in [6, 6.07) is 2.06. The number of hydrogen-bond donors (Lipinski definition) is 1. The second kappa shape index (κ2) is 2.07. The van der Waals surface area contributed by atoms with Crippen molar-refractivity contribution in [3.63, 3.8) is 0 Å². The van der Waals surface area contributed by atoms with Gasteiger partial charge in [0.15, 0.2) is 5.69 Å². The van der Waals surface area contributed by atoms with E-state index in [1.54, 1.807) is 0 Å². The lowest BCUT2D eigenvalue weighted by molar-refractivity contribution is 0.348. The van der Waals surface area contributed by atoms with Crippen LogP contribution in [-0.2, 0) is 13.1 Å². The molecule has 0 saturated carbocycles. The molecule has 0 amide bonds. The van der Waals surface area contributed by atoms with Crippen molar-refractivity contribution in [3.8, 4) is 6.07 Å². The van der Waals surface area contributed by atoms with Crippen molar-refractivity contribution in [2.45, 2.75) is 13.1 Å². The highest BCUT2D eigenvalue weighted by Crippen LogP contribution is 2.21. The molecule has 1 aliphatic rings. The molecular weight excluding hydrogens is 140 g/mol. The summed E-state index contributed by atoms with van der Waals surface area (Å²) < 4.78 is 0. The van der Waals surface area contributed by atoms with Gasteiger partial charge in [0.1, 0.15) is 6.07 Å². The van der Waals surface area contributed by atoms with Crippen molar-refractivity contribution in [1.82, 2.24) is 15.1 Å². The molecule has 0 aliphatic carbocycles. The number of nitrogens with zero attached hydrogens (tertiary/aromatic N) is 3. The standard InChI is InChI=1S/C7H8N4/c1-11-3-5-6(2-8)9-10-7(5)4-11/h3-4H2,1H3,(H,9,10). The fraction of sp³-hybridized carbons (Fsp3) is 0.429. The monoisotopic (exact) mass is 148 g/mol. The molecule has 2 rings (SSSR count). The minimum absolute atomic E-state index is 0.546. The average molecular weight is 148 g/mol. The van der Waals surface area contributed by atoms with Gasteiger partial charge in [0.05, 0.1) is 5.69 Å². The number of rotatable bonds is 0. The third-order valence-electron chi connectivity index (χ3n) is 1.91. The summed E-state index contributed by atoms with van der Waals surface area (Å²) >= 11 is 0. The van der Waals surface area contributed by atoms with E-state index in [9.17, 15) is 0 Å². The summed E-state index contributed by atoms with van der Waals surface area (Å²) in [5, 5.41) is 15.4. The van der Waals surface area contributed by atoms with E-state index in [0.29, 0.717) is 5.69 Å². The summed E-state index contributed by atoms with van der Waals surface area (Å²) in [7, 11) is 2.02. The SMILES string of the molecule is CN1Cc2[nH]nc(C#N)c2C1. The second-order valence-corrected chi connectivity index (χ2v) is 2.81. The van der Waals surface area contributed by atoms with Crippen LogP contribution in [0.3, 0.4) is 0 Å². The maximum absolute atomic E-state index is 8.63. The highest BCUT2D eigenvalue weighted by molar-refractivity contribution is 5.36. The highest BCUT2D eigenvalue weighted by atomic mass is 15.2. The van der Waals surface area contributed by atoms with Gasteiger partial charge in [0.2, 0.25) is 0 Å². The first kappa shape index (κ1) is 6.38. The van der Waals surface area contributed by atoms with Crippen LogP contribution in [0.4, 0.5) is 0 Å². The first-order valence-electron chi connectivity index (χ1n) is 3.46. The number of H-pyrrole nitrogens is 1. The number of nitrogens with one attached hydrogen (secondary N) is 1. The van der Waals surface area contributed by atoms with E-state index >= 15 is 0 Å². The Morgan fingerprint density at radius 3 is 3.18 bits per heavy atom. The van der Waals surface area contributed by atoms with Gasteiger partial charge >= 0.3 is 0 Å². The molecule has 4 heteroatoms. The predicted octanol–water partition coefficient (Wildman–Crippen LogP) is 0.227. The molecule has 0 aromatic carbocycles. The van der Waals surface area contributed by atoms with Crippen LogP contribution < -0.4 is 0 Å². The Labute approximate surface area is 64.4 Å². The predicted molar refractivity (Wildman–Crippen MR) is 38.5 cm³/mol. The number of hydrogen-bond acceptors (Lipinski definition) is 3. The zero-order valence-corrected chi connectivity index (χ0v) is 6.26. The Bertz CT molecular complexity index is 320. The molecule has 0 saturated heterocycles. The van der Waals surface area contributed by atoms with E-state index in [1.165, 1.54) is 0 Å². The van der Waals surface area contributed by atoms with Crippen LogP contribution in [0.2, 0.25) is 0 Å². The van der Waals surface area contributed by atoms with Crippen molar-refractivity contribution in [2.24, 2.45) is 0 Å². The molecule has 0 atom stereocenters. The number of fused-ring (bicyclic) bond motifs is 1. The smallest absolute Gasteiger partial charge is 0.167 e. The maximum atomic E-state index is 8.63. The summed E-state index contributed by atoms with van der Waals surface area (Å²) in [5.41, 5.74) is 2.70. The van der Waals surface area contributed by atoms with E-state index in [2.05, 4.69) is 21.2 Å². The average Bonchev–Trinajstić information content (AvgIpc) is 2.45. The Morgan fingerprint density at radius 1 is 1.64 bits per heavy atom. The first-order valence-corrected chi connectivity index (χ1v) is 3.46. The van der Waals surface area contributed by atoms with Crippen LogP contribution in [-0.4, -0.2) is 22.1 Å². The Balaban J connectivity index is 2.46. The molecule has 0 unspecified atom stereocenters. The van der Waals surface area contributed by atoms with Gasteiger partial charge in [-0.2, -0.15) is 10.4 Å². The van der Waals surface area contributed by atoms with Crippen molar-refractivity contribution >= 4 is 0 Å². The molecule has 1 N–H and O–H groups in total. The molecule has 0 spiro atoms. The quantitative estimate of drug-likeness (QED) is 0.572. The number of aromatic amines is 1. The number of aromatic nitrogens is 2. The fourth-order valence-corrected chi connectivity index (χ4v) is 1.39. The zero-order valence-electron chi connectivity index (χ0n) is 6.26. The van der Waals surface area contributed by atoms with Gasteiger partial charge in [-0.15, -0.1) is 0 Å². The molecule has 1 aromatic rings. The summed E-state index contributed by atoms with van der Waals surface area (Å²) in [6.45, 7) is 1.72. The molecule has 2 heterocycles. The minimum Gasteiger partial charge on any atom is -0.296 e. The van der Waals surface area contributed by atoms with E-state index in [0.717, 1.165) is 24.3 Å². The summed E-state index contributed by atoms with van der Waals surface area (Å²) in [4.78, 5) is 2.14. The first-order chi connectivity index (χ1) is 5.31. The van der Waals surface area contributed by atoms with Crippen LogP contribution >= 0.6 is 0 Å². The van der Waals surface area contributed by atoms with E-state index in [1.807, 2.05) is 7.05 Å². The van der Waals surface area contributed by atoms with Crippen LogP contribution in [0.15, 0.2) is 0 Å². The van der Waals surface area contributed by atoms with Gasteiger partial charge in [0.25, 0.3) is 0 Å². The van der Waals surface area contributed by atoms with Crippen LogP contribution in [0.25, 0.3) is 0 Å². The third kappa shape index (κ3) is 0.819. The summed E-state index contributed by atoms with van der Waals surface area (Å²) in [6.07, 6.45) is 0. The third-order valence-corrected chi connectivity index (χ3v) is 1.91. The van der Waals surface area contributed by atoms with E-state index < -0.39 is 0 Å². The largest absolute Gasteiger partial charge is 0.296 e. The van der Waals surface area contributed by atoms with Crippen LogP contribution in [0.1, 0.15) is 17.0 Å². The van der Waals surface area contributed by atoms with Gasteiger partial charge in [-0.3, -0.25) is 10.00 Å². The Kier molecular flexibility index (Phi) is 1.20. The molecule has 0 fully saturated rings. The van der Waals surface area contributed by atoms with Crippen molar-refractivity contribution < 1.29 is 0 Å². The molecule has 0 bridgehead atoms. The second-order valence-electron chi connectivity index (χ2n) is 2.81. The van der Waals surface area contributed by atoms with Crippen LogP contribution in [0.5, 0.6) is 0 Å². The lowest BCUT2D eigenvalue weighted by Gasteiger charge is -2.03. The molecule has 56 valence electrons. The molecule has 4 nitrogen and oxygen atoms in total.